The Hall–Kier alpha value is -6.12. The number of hydrogen-bond acceptors (Lipinski definition) is 1. The molecular weight excluding hydrogens is 556 g/mol. The van der Waals surface area contributed by atoms with Crippen molar-refractivity contribution in [1.82, 2.24) is 4.57 Å². The van der Waals surface area contributed by atoms with Crippen molar-refractivity contribution in [2.75, 3.05) is 4.90 Å². The molecule has 2 nitrogen and oxygen atoms in total. The van der Waals surface area contributed by atoms with E-state index >= 15 is 0 Å². The molecule has 0 bridgehead atoms. The zero-order valence-corrected chi connectivity index (χ0v) is 25.4. The van der Waals surface area contributed by atoms with Crippen LogP contribution in [0.1, 0.15) is 11.1 Å². The second kappa shape index (κ2) is 12.1. The van der Waals surface area contributed by atoms with Crippen LogP contribution < -0.4 is 4.90 Å². The average molecular weight is 589 g/mol. The van der Waals surface area contributed by atoms with E-state index in [0.29, 0.717) is 0 Å². The molecule has 0 aliphatic carbocycles. The van der Waals surface area contributed by atoms with Gasteiger partial charge in [-0.05, 0) is 89.0 Å². The van der Waals surface area contributed by atoms with Crippen molar-refractivity contribution in [3.05, 3.63) is 193 Å². The molecule has 0 saturated carbocycles. The number of para-hydroxylation sites is 2. The Kier molecular flexibility index (Phi) is 7.22. The van der Waals surface area contributed by atoms with Gasteiger partial charge in [0, 0.05) is 33.5 Å². The molecule has 0 unspecified atom stereocenters. The predicted octanol–water partition coefficient (Wildman–Crippen LogP) is 12.1. The lowest BCUT2D eigenvalue weighted by Gasteiger charge is -2.25. The van der Waals surface area contributed by atoms with Gasteiger partial charge in [-0.1, -0.05) is 127 Å². The third kappa shape index (κ3) is 5.27. The number of nitrogens with zero attached hydrogens (tertiary/aromatic N) is 2. The Balaban J connectivity index is 1.28. The van der Waals surface area contributed by atoms with Crippen LogP contribution in [0, 0.1) is 0 Å². The summed E-state index contributed by atoms with van der Waals surface area (Å²) in [6, 6.07) is 64.8. The minimum Gasteiger partial charge on any atom is -0.310 e. The van der Waals surface area contributed by atoms with E-state index in [9.17, 15) is 0 Å². The second-order valence-corrected chi connectivity index (χ2v) is 11.5. The van der Waals surface area contributed by atoms with Crippen molar-refractivity contribution in [2.24, 2.45) is 0 Å². The monoisotopic (exact) mass is 588 g/mol. The number of benzene rings is 7. The Labute approximate surface area is 269 Å². The van der Waals surface area contributed by atoms with Crippen LogP contribution in [0.25, 0.3) is 50.8 Å². The van der Waals surface area contributed by atoms with Crippen LogP contribution in [0.5, 0.6) is 0 Å². The molecule has 0 fully saturated rings. The van der Waals surface area contributed by atoms with Crippen molar-refractivity contribution < 1.29 is 0 Å². The van der Waals surface area contributed by atoms with Gasteiger partial charge in [0.2, 0.25) is 0 Å². The standard InChI is InChI=1S/C44H32N2/c1-5-13-33(14-6-1)21-22-34-23-26-39(27-24-34)45(37-17-9-3-10-18-37)40-28-30-44-42(32-40)41-31-36(35-15-7-2-8-16-35)25-29-43(41)46(44)38-19-11-4-12-20-38/h1-32H. The Bertz CT molecular complexity index is 2270. The number of anilines is 3. The van der Waals surface area contributed by atoms with Gasteiger partial charge in [-0.25, -0.2) is 0 Å². The van der Waals surface area contributed by atoms with Crippen LogP contribution in [0.15, 0.2) is 182 Å². The van der Waals surface area contributed by atoms with E-state index in [1.165, 1.54) is 38.5 Å². The van der Waals surface area contributed by atoms with Gasteiger partial charge in [-0.2, -0.15) is 0 Å². The maximum absolute atomic E-state index is 2.38. The molecule has 2 heteroatoms. The van der Waals surface area contributed by atoms with Crippen LogP contribution in [-0.4, -0.2) is 4.57 Å². The van der Waals surface area contributed by atoms with E-state index in [4.69, 9.17) is 0 Å². The third-order valence-electron chi connectivity index (χ3n) is 8.56. The summed E-state index contributed by atoms with van der Waals surface area (Å²) in [5.41, 5.74) is 11.7. The summed E-state index contributed by atoms with van der Waals surface area (Å²) >= 11 is 0. The minimum absolute atomic E-state index is 1.11. The van der Waals surface area contributed by atoms with Crippen LogP contribution in [0.3, 0.4) is 0 Å². The van der Waals surface area contributed by atoms with E-state index in [0.717, 1.165) is 28.3 Å². The fourth-order valence-electron chi connectivity index (χ4n) is 6.33. The zero-order valence-electron chi connectivity index (χ0n) is 25.4. The first-order valence-corrected chi connectivity index (χ1v) is 15.7. The lowest BCUT2D eigenvalue weighted by molar-refractivity contribution is 1.18. The van der Waals surface area contributed by atoms with Crippen LogP contribution in [-0.2, 0) is 0 Å². The Morgan fingerprint density at radius 1 is 0.370 bits per heavy atom. The molecule has 0 atom stereocenters. The van der Waals surface area contributed by atoms with Gasteiger partial charge in [0.25, 0.3) is 0 Å². The largest absolute Gasteiger partial charge is 0.310 e. The maximum atomic E-state index is 2.38. The molecule has 0 amide bonds. The summed E-state index contributed by atoms with van der Waals surface area (Å²) in [7, 11) is 0. The van der Waals surface area contributed by atoms with Crippen LogP contribution >= 0.6 is 0 Å². The highest BCUT2D eigenvalue weighted by atomic mass is 15.1. The molecule has 0 aliphatic rings. The molecule has 46 heavy (non-hydrogen) atoms. The smallest absolute Gasteiger partial charge is 0.0542 e. The molecule has 0 radical (unpaired) electrons. The molecule has 8 aromatic rings. The van der Waals surface area contributed by atoms with Gasteiger partial charge in [0.1, 0.15) is 0 Å². The molecule has 7 aromatic carbocycles. The van der Waals surface area contributed by atoms with E-state index in [-0.39, 0.29) is 0 Å². The topological polar surface area (TPSA) is 8.17 Å². The minimum atomic E-state index is 1.11. The fourth-order valence-corrected chi connectivity index (χ4v) is 6.33. The van der Waals surface area contributed by atoms with E-state index in [2.05, 4.69) is 198 Å². The molecule has 0 N–H and O–H groups in total. The quantitative estimate of drug-likeness (QED) is 0.168. The molecule has 1 aromatic heterocycles. The van der Waals surface area contributed by atoms with Crippen LogP contribution in [0.2, 0.25) is 0 Å². The highest BCUT2D eigenvalue weighted by Crippen LogP contribution is 2.40. The van der Waals surface area contributed by atoms with Gasteiger partial charge < -0.3 is 9.47 Å². The first-order chi connectivity index (χ1) is 22.8. The van der Waals surface area contributed by atoms with E-state index in [1.54, 1.807) is 0 Å². The number of fused-ring (bicyclic) bond motifs is 3. The summed E-state index contributed by atoms with van der Waals surface area (Å²) in [5.74, 6) is 0. The summed E-state index contributed by atoms with van der Waals surface area (Å²) < 4.78 is 2.38. The average Bonchev–Trinajstić information content (AvgIpc) is 3.46. The number of rotatable bonds is 7. The van der Waals surface area contributed by atoms with E-state index in [1.807, 2.05) is 6.07 Å². The predicted molar refractivity (Wildman–Crippen MR) is 196 cm³/mol. The Morgan fingerprint density at radius 2 is 0.870 bits per heavy atom. The Morgan fingerprint density at radius 3 is 1.54 bits per heavy atom. The lowest BCUT2D eigenvalue weighted by Crippen LogP contribution is -2.09. The van der Waals surface area contributed by atoms with Crippen molar-refractivity contribution in [1.29, 1.82) is 0 Å². The maximum Gasteiger partial charge on any atom is 0.0542 e. The summed E-state index contributed by atoms with van der Waals surface area (Å²) in [6.45, 7) is 0. The SMILES string of the molecule is C(=Cc1ccc(N(c2ccccc2)c2ccc3c(c2)c2cc(-c4ccccc4)ccc2n3-c2ccccc2)cc1)c1ccccc1. The first kappa shape index (κ1) is 27.4. The van der Waals surface area contributed by atoms with Crippen molar-refractivity contribution >= 4 is 51.0 Å². The van der Waals surface area contributed by atoms with Crippen molar-refractivity contribution in [2.45, 2.75) is 0 Å². The molecule has 0 aliphatic heterocycles. The van der Waals surface area contributed by atoms with E-state index < -0.39 is 0 Å². The molecule has 0 saturated heterocycles. The summed E-state index contributed by atoms with van der Waals surface area (Å²) in [5, 5.41) is 2.45. The van der Waals surface area contributed by atoms with Gasteiger partial charge in [-0.3, -0.25) is 0 Å². The molecule has 0 spiro atoms. The highest BCUT2D eigenvalue weighted by Gasteiger charge is 2.18. The highest BCUT2D eigenvalue weighted by molar-refractivity contribution is 6.11. The van der Waals surface area contributed by atoms with Crippen LogP contribution in [0.4, 0.5) is 17.1 Å². The second-order valence-electron chi connectivity index (χ2n) is 11.5. The molecular formula is C44H32N2. The molecule has 1 heterocycles. The van der Waals surface area contributed by atoms with Crippen molar-refractivity contribution in [3.63, 3.8) is 0 Å². The fraction of sp³-hybridized carbons (Fsp3) is 0. The van der Waals surface area contributed by atoms with Gasteiger partial charge in [0.15, 0.2) is 0 Å². The summed E-state index contributed by atoms with van der Waals surface area (Å²) in [4.78, 5) is 2.34. The third-order valence-corrected chi connectivity index (χ3v) is 8.56. The normalized spacial score (nSPS) is 11.4. The number of hydrogen-bond donors (Lipinski definition) is 0. The number of aromatic nitrogens is 1. The first-order valence-electron chi connectivity index (χ1n) is 15.7. The van der Waals surface area contributed by atoms with Gasteiger partial charge >= 0.3 is 0 Å². The molecule has 218 valence electrons. The van der Waals surface area contributed by atoms with Gasteiger partial charge in [-0.15, -0.1) is 0 Å². The molecule has 8 rings (SSSR count). The summed E-state index contributed by atoms with van der Waals surface area (Å²) in [6.07, 6.45) is 4.32. The lowest BCUT2D eigenvalue weighted by atomic mass is 10.0. The van der Waals surface area contributed by atoms with Crippen molar-refractivity contribution in [3.8, 4) is 16.8 Å². The van der Waals surface area contributed by atoms with Gasteiger partial charge in [0.05, 0.1) is 11.0 Å². The zero-order chi connectivity index (χ0) is 30.7.